The minimum Gasteiger partial charge on any atom is -0.387 e. The number of aliphatic hydroxyl groups excluding tert-OH is 1. The van der Waals surface area contributed by atoms with Crippen molar-refractivity contribution in [3.8, 4) is 0 Å². The van der Waals surface area contributed by atoms with Crippen molar-refractivity contribution in [3.63, 3.8) is 0 Å². The Morgan fingerprint density at radius 1 is 1.18 bits per heavy atom. The topological polar surface area (TPSA) is 50.1 Å². The largest absolute Gasteiger partial charge is 0.387 e. The molecule has 2 N–H and O–H groups in total. The van der Waals surface area contributed by atoms with Gasteiger partial charge in [-0.05, 0) is 28.0 Å². The van der Waals surface area contributed by atoms with Gasteiger partial charge in [-0.25, -0.2) is 0 Å². The number of hydrogen-bond donors (Lipinski definition) is 2. The van der Waals surface area contributed by atoms with Crippen molar-refractivity contribution in [2.45, 2.75) is 19.2 Å². The molecule has 1 atom stereocenters. The van der Waals surface area contributed by atoms with E-state index in [1.54, 1.807) is 11.3 Å². The second-order valence-corrected chi connectivity index (χ2v) is 6.02. The Hall–Kier alpha value is -1.95. The zero-order chi connectivity index (χ0) is 15.2. The van der Waals surface area contributed by atoms with E-state index in [2.05, 4.69) is 22.5 Å². The molecule has 0 spiro atoms. The van der Waals surface area contributed by atoms with E-state index in [1.807, 2.05) is 52.1 Å². The van der Waals surface area contributed by atoms with Gasteiger partial charge in [0.2, 0.25) is 0 Å². The molecule has 0 saturated heterocycles. The molecular formula is C17H19N3OS. The van der Waals surface area contributed by atoms with Crippen LogP contribution in [0.4, 0.5) is 0 Å². The van der Waals surface area contributed by atoms with Crippen molar-refractivity contribution in [2.75, 3.05) is 6.54 Å². The standard InChI is InChI=1S/C17H19N3OS/c21-17(16-6-7-22-13-16)10-18-8-15-9-19-20(12-15)11-14-4-2-1-3-5-14/h1-7,9,12-13,17-18,21H,8,10-11H2. The first-order valence-corrected chi connectivity index (χ1v) is 8.21. The Morgan fingerprint density at radius 3 is 2.82 bits per heavy atom. The molecule has 2 aromatic heterocycles. The van der Waals surface area contributed by atoms with Gasteiger partial charge in [-0.1, -0.05) is 30.3 Å². The lowest BCUT2D eigenvalue weighted by Crippen LogP contribution is -2.20. The molecule has 0 bridgehead atoms. The smallest absolute Gasteiger partial charge is 0.0922 e. The molecule has 0 radical (unpaired) electrons. The number of hydrogen-bond acceptors (Lipinski definition) is 4. The van der Waals surface area contributed by atoms with Crippen LogP contribution in [-0.4, -0.2) is 21.4 Å². The van der Waals surface area contributed by atoms with Gasteiger partial charge in [0, 0.05) is 24.8 Å². The van der Waals surface area contributed by atoms with Crippen molar-refractivity contribution in [2.24, 2.45) is 0 Å². The quantitative estimate of drug-likeness (QED) is 0.705. The summed E-state index contributed by atoms with van der Waals surface area (Å²) in [4.78, 5) is 0. The van der Waals surface area contributed by atoms with Crippen LogP contribution in [0.15, 0.2) is 59.6 Å². The van der Waals surface area contributed by atoms with Crippen LogP contribution in [0, 0.1) is 0 Å². The normalized spacial score (nSPS) is 12.4. The summed E-state index contributed by atoms with van der Waals surface area (Å²) >= 11 is 1.60. The fourth-order valence-corrected chi connectivity index (χ4v) is 3.00. The molecule has 1 aromatic carbocycles. The van der Waals surface area contributed by atoms with Gasteiger partial charge in [-0.2, -0.15) is 16.4 Å². The predicted molar refractivity (Wildman–Crippen MR) is 88.8 cm³/mol. The van der Waals surface area contributed by atoms with Gasteiger partial charge in [-0.15, -0.1) is 0 Å². The Kier molecular flexibility index (Phi) is 5.00. The number of nitrogens with one attached hydrogen (secondary N) is 1. The SMILES string of the molecule is OC(CNCc1cnn(Cc2ccccc2)c1)c1ccsc1. The van der Waals surface area contributed by atoms with E-state index in [4.69, 9.17) is 0 Å². The zero-order valence-corrected chi connectivity index (χ0v) is 13.0. The second-order valence-electron chi connectivity index (χ2n) is 5.24. The Labute approximate surface area is 134 Å². The third-order valence-electron chi connectivity index (χ3n) is 3.47. The summed E-state index contributed by atoms with van der Waals surface area (Å²) in [5.41, 5.74) is 3.32. The van der Waals surface area contributed by atoms with Crippen LogP contribution in [-0.2, 0) is 13.1 Å². The summed E-state index contributed by atoms with van der Waals surface area (Å²) in [6.45, 7) is 2.02. The van der Waals surface area contributed by atoms with Crippen LogP contribution in [0.5, 0.6) is 0 Å². The van der Waals surface area contributed by atoms with E-state index in [-0.39, 0.29) is 0 Å². The summed E-state index contributed by atoms with van der Waals surface area (Å²) in [6.07, 6.45) is 3.45. The summed E-state index contributed by atoms with van der Waals surface area (Å²) in [5, 5.41) is 21.6. The van der Waals surface area contributed by atoms with Crippen LogP contribution < -0.4 is 5.32 Å². The molecule has 0 aliphatic heterocycles. The first-order chi connectivity index (χ1) is 10.8. The van der Waals surface area contributed by atoms with E-state index < -0.39 is 6.10 Å². The van der Waals surface area contributed by atoms with Gasteiger partial charge in [0.1, 0.15) is 0 Å². The summed E-state index contributed by atoms with van der Waals surface area (Å²) in [6, 6.07) is 12.2. The van der Waals surface area contributed by atoms with E-state index >= 15 is 0 Å². The maximum atomic E-state index is 10.0. The van der Waals surface area contributed by atoms with Crippen molar-refractivity contribution in [3.05, 3.63) is 76.2 Å². The highest BCUT2D eigenvalue weighted by Gasteiger charge is 2.07. The maximum Gasteiger partial charge on any atom is 0.0922 e. The highest BCUT2D eigenvalue weighted by molar-refractivity contribution is 7.07. The average Bonchev–Trinajstić information content (AvgIpc) is 3.20. The average molecular weight is 313 g/mol. The van der Waals surface area contributed by atoms with E-state index in [0.717, 1.165) is 17.7 Å². The van der Waals surface area contributed by atoms with E-state index in [1.165, 1.54) is 5.56 Å². The van der Waals surface area contributed by atoms with Crippen molar-refractivity contribution >= 4 is 11.3 Å². The lowest BCUT2D eigenvalue weighted by molar-refractivity contribution is 0.175. The van der Waals surface area contributed by atoms with Gasteiger partial charge in [0.05, 0.1) is 18.8 Å². The molecule has 0 aliphatic rings. The maximum absolute atomic E-state index is 10.0. The fourth-order valence-electron chi connectivity index (χ4n) is 2.29. The van der Waals surface area contributed by atoms with Crippen LogP contribution in [0.2, 0.25) is 0 Å². The molecule has 114 valence electrons. The minimum atomic E-state index is -0.453. The molecule has 1 unspecified atom stereocenters. The van der Waals surface area contributed by atoms with E-state index in [0.29, 0.717) is 13.1 Å². The number of aliphatic hydroxyl groups is 1. The van der Waals surface area contributed by atoms with Crippen molar-refractivity contribution < 1.29 is 5.11 Å². The molecule has 2 heterocycles. The zero-order valence-electron chi connectivity index (χ0n) is 12.2. The first kappa shape index (κ1) is 15.0. The van der Waals surface area contributed by atoms with Crippen LogP contribution in [0.3, 0.4) is 0 Å². The van der Waals surface area contributed by atoms with Gasteiger partial charge in [0.25, 0.3) is 0 Å². The molecule has 0 amide bonds. The van der Waals surface area contributed by atoms with Gasteiger partial charge >= 0.3 is 0 Å². The lowest BCUT2D eigenvalue weighted by atomic mass is 10.2. The molecule has 0 aliphatic carbocycles. The van der Waals surface area contributed by atoms with Crippen molar-refractivity contribution in [1.29, 1.82) is 0 Å². The minimum absolute atomic E-state index is 0.453. The highest BCUT2D eigenvalue weighted by atomic mass is 32.1. The third-order valence-corrected chi connectivity index (χ3v) is 4.17. The fraction of sp³-hybridized carbons (Fsp3) is 0.235. The Morgan fingerprint density at radius 2 is 2.05 bits per heavy atom. The van der Waals surface area contributed by atoms with E-state index in [9.17, 15) is 5.11 Å². The van der Waals surface area contributed by atoms with Crippen LogP contribution in [0.1, 0.15) is 22.8 Å². The summed E-state index contributed by atoms with van der Waals surface area (Å²) < 4.78 is 1.93. The Balaban J connectivity index is 1.48. The Bertz CT molecular complexity index is 679. The number of rotatable bonds is 7. The second kappa shape index (κ2) is 7.35. The molecule has 0 saturated carbocycles. The van der Waals surface area contributed by atoms with Gasteiger partial charge in [-0.3, -0.25) is 4.68 Å². The summed E-state index contributed by atoms with van der Waals surface area (Å²) in [5.74, 6) is 0. The molecule has 5 heteroatoms. The molecular weight excluding hydrogens is 294 g/mol. The third kappa shape index (κ3) is 4.04. The highest BCUT2D eigenvalue weighted by Crippen LogP contribution is 2.15. The van der Waals surface area contributed by atoms with Gasteiger partial charge in [0.15, 0.2) is 0 Å². The van der Waals surface area contributed by atoms with Gasteiger partial charge < -0.3 is 10.4 Å². The monoisotopic (exact) mass is 313 g/mol. The molecule has 4 nitrogen and oxygen atoms in total. The predicted octanol–water partition coefficient (Wildman–Crippen LogP) is 2.82. The van der Waals surface area contributed by atoms with Crippen molar-refractivity contribution in [1.82, 2.24) is 15.1 Å². The lowest BCUT2D eigenvalue weighted by Gasteiger charge is -2.09. The number of aromatic nitrogens is 2. The molecule has 0 fully saturated rings. The number of benzene rings is 1. The molecule has 3 aromatic rings. The molecule has 22 heavy (non-hydrogen) atoms. The number of thiophene rings is 1. The van der Waals surface area contributed by atoms with Crippen LogP contribution in [0.25, 0.3) is 0 Å². The first-order valence-electron chi connectivity index (χ1n) is 7.27. The number of nitrogens with zero attached hydrogens (tertiary/aromatic N) is 2. The molecule has 3 rings (SSSR count). The summed E-state index contributed by atoms with van der Waals surface area (Å²) in [7, 11) is 0. The van der Waals surface area contributed by atoms with Crippen LogP contribution >= 0.6 is 11.3 Å².